The van der Waals surface area contributed by atoms with Crippen LogP contribution in [0.1, 0.15) is 5.56 Å². The van der Waals surface area contributed by atoms with Crippen LogP contribution in [0.4, 0.5) is 5.13 Å². The van der Waals surface area contributed by atoms with E-state index in [1.165, 1.54) is 11.3 Å². The number of aromatic nitrogens is 1. The van der Waals surface area contributed by atoms with Gasteiger partial charge in [0.1, 0.15) is 5.52 Å². The monoisotopic (exact) mass is 232 g/mol. The average molecular weight is 233 g/mol. The average Bonchev–Trinajstić information content (AvgIpc) is 2.44. The van der Waals surface area contributed by atoms with Gasteiger partial charge in [-0.3, -0.25) is 0 Å². The number of thiazole rings is 1. The van der Waals surface area contributed by atoms with Crippen molar-refractivity contribution in [1.29, 1.82) is 0 Å². The molecule has 2 rings (SSSR count). The number of fused-ring (bicyclic) bond motifs is 1. The Morgan fingerprint density at radius 3 is 2.85 bits per heavy atom. The van der Waals surface area contributed by atoms with Crippen LogP contribution in [0.15, 0.2) is 6.07 Å². The van der Waals surface area contributed by atoms with E-state index in [1.54, 1.807) is 6.07 Å². The van der Waals surface area contributed by atoms with Crippen molar-refractivity contribution >= 4 is 49.9 Å². The number of hydrogen-bond acceptors (Lipinski definition) is 3. The van der Waals surface area contributed by atoms with Crippen LogP contribution in [0.25, 0.3) is 10.2 Å². The Balaban J connectivity index is 2.95. The van der Waals surface area contributed by atoms with Crippen LogP contribution >= 0.6 is 34.5 Å². The van der Waals surface area contributed by atoms with Gasteiger partial charge in [-0.2, -0.15) is 0 Å². The first-order valence-corrected chi connectivity index (χ1v) is 5.17. The Morgan fingerprint density at radius 1 is 1.46 bits per heavy atom. The van der Waals surface area contributed by atoms with E-state index in [9.17, 15) is 0 Å². The third-order valence-electron chi connectivity index (χ3n) is 1.76. The zero-order chi connectivity index (χ0) is 9.59. The molecule has 1 aromatic heterocycles. The zero-order valence-electron chi connectivity index (χ0n) is 6.77. The SMILES string of the molecule is Cc1cc(Cl)c2nc(N)sc2c1Cl. The highest BCUT2D eigenvalue weighted by molar-refractivity contribution is 7.22. The van der Waals surface area contributed by atoms with E-state index in [0.29, 0.717) is 20.7 Å². The molecule has 2 N–H and O–H groups in total. The maximum absolute atomic E-state index is 6.07. The molecule has 0 aliphatic carbocycles. The highest BCUT2D eigenvalue weighted by atomic mass is 35.5. The van der Waals surface area contributed by atoms with Crippen molar-refractivity contribution in [3.05, 3.63) is 21.7 Å². The number of aryl methyl sites for hydroxylation is 1. The fraction of sp³-hybridized carbons (Fsp3) is 0.125. The van der Waals surface area contributed by atoms with Gasteiger partial charge in [-0.1, -0.05) is 34.5 Å². The van der Waals surface area contributed by atoms with Gasteiger partial charge in [-0.15, -0.1) is 0 Å². The highest BCUT2D eigenvalue weighted by Crippen LogP contribution is 2.37. The number of nitrogens with two attached hydrogens (primary N) is 1. The molecule has 1 heterocycles. The maximum atomic E-state index is 6.07. The summed E-state index contributed by atoms with van der Waals surface area (Å²) in [5, 5.41) is 1.78. The standard InChI is InChI=1S/C8H6Cl2N2S/c1-3-2-4(9)6-7(5(3)10)13-8(11)12-6/h2H,1H3,(H2,11,12). The first-order valence-electron chi connectivity index (χ1n) is 3.60. The van der Waals surface area contributed by atoms with Crippen molar-refractivity contribution in [3.63, 3.8) is 0 Å². The lowest BCUT2D eigenvalue weighted by atomic mass is 10.2. The molecular formula is C8H6Cl2N2S. The molecule has 13 heavy (non-hydrogen) atoms. The lowest BCUT2D eigenvalue weighted by Crippen LogP contribution is -1.80. The molecule has 1 aromatic carbocycles. The van der Waals surface area contributed by atoms with Gasteiger partial charge in [-0.25, -0.2) is 4.98 Å². The van der Waals surface area contributed by atoms with Crippen LogP contribution in [0.5, 0.6) is 0 Å². The van der Waals surface area contributed by atoms with Crippen molar-refractivity contribution < 1.29 is 0 Å². The molecule has 0 spiro atoms. The van der Waals surface area contributed by atoms with E-state index in [-0.39, 0.29) is 0 Å². The fourth-order valence-corrected chi connectivity index (χ4v) is 2.61. The smallest absolute Gasteiger partial charge is 0.181 e. The zero-order valence-corrected chi connectivity index (χ0v) is 9.09. The molecule has 0 fully saturated rings. The minimum Gasteiger partial charge on any atom is -0.375 e. The summed E-state index contributed by atoms with van der Waals surface area (Å²) in [7, 11) is 0. The summed E-state index contributed by atoms with van der Waals surface area (Å²) >= 11 is 13.4. The highest BCUT2D eigenvalue weighted by Gasteiger charge is 2.11. The number of hydrogen-bond donors (Lipinski definition) is 1. The Labute approximate surface area is 89.3 Å². The van der Waals surface area contributed by atoms with Crippen molar-refractivity contribution in [1.82, 2.24) is 4.98 Å². The number of nitrogen functional groups attached to an aromatic ring is 1. The van der Waals surface area contributed by atoms with Crippen molar-refractivity contribution in [2.24, 2.45) is 0 Å². The van der Waals surface area contributed by atoms with Gasteiger partial charge in [0, 0.05) is 0 Å². The molecule has 2 nitrogen and oxygen atoms in total. The van der Waals surface area contributed by atoms with Crippen LogP contribution < -0.4 is 5.73 Å². The van der Waals surface area contributed by atoms with Crippen molar-refractivity contribution in [2.45, 2.75) is 6.92 Å². The normalized spacial score (nSPS) is 11.0. The summed E-state index contributed by atoms with van der Waals surface area (Å²) in [6, 6.07) is 1.80. The lowest BCUT2D eigenvalue weighted by Gasteiger charge is -1.99. The molecule has 0 unspecified atom stereocenters. The van der Waals surface area contributed by atoms with Gasteiger partial charge in [0.05, 0.1) is 14.7 Å². The number of nitrogens with zero attached hydrogens (tertiary/aromatic N) is 1. The van der Waals surface area contributed by atoms with Gasteiger partial charge in [0.25, 0.3) is 0 Å². The van der Waals surface area contributed by atoms with E-state index < -0.39 is 0 Å². The van der Waals surface area contributed by atoms with Crippen LogP contribution in [-0.4, -0.2) is 4.98 Å². The van der Waals surface area contributed by atoms with E-state index in [2.05, 4.69) is 4.98 Å². The molecule has 0 saturated heterocycles. The predicted octanol–water partition coefficient (Wildman–Crippen LogP) is 3.49. The van der Waals surface area contributed by atoms with Gasteiger partial charge in [0.2, 0.25) is 0 Å². The fourth-order valence-electron chi connectivity index (χ4n) is 1.15. The van der Waals surface area contributed by atoms with Crippen LogP contribution in [0.3, 0.4) is 0 Å². The van der Waals surface area contributed by atoms with Crippen molar-refractivity contribution in [3.8, 4) is 0 Å². The summed E-state index contributed by atoms with van der Waals surface area (Å²) in [6.07, 6.45) is 0. The van der Waals surface area contributed by atoms with Gasteiger partial charge >= 0.3 is 0 Å². The molecule has 0 aliphatic heterocycles. The molecule has 0 amide bonds. The summed E-state index contributed by atoms with van der Waals surface area (Å²) in [4.78, 5) is 4.09. The Hall–Kier alpha value is -0.510. The lowest BCUT2D eigenvalue weighted by molar-refractivity contribution is 1.46. The first kappa shape index (κ1) is 9.06. The second-order valence-electron chi connectivity index (χ2n) is 2.72. The summed E-state index contributed by atoms with van der Waals surface area (Å²) in [5.41, 5.74) is 7.21. The number of rotatable bonds is 0. The van der Waals surface area contributed by atoms with Crippen LogP contribution in [0, 0.1) is 6.92 Å². The van der Waals surface area contributed by atoms with Gasteiger partial charge < -0.3 is 5.73 Å². The van der Waals surface area contributed by atoms with Crippen LogP contribution in [-0.2, 0) is 0 Å². The largest absolute Gasteiger partial charge is 0.375 e. The maximum Gasteiger partial charge on any atom is 0.181 e. The van der Waals surface area contributed by atoms with Crippen LogP contribution in [0.2, 0.25) is 10.0 Å². The molecule has 0 saturated carbocycles. The molecular weight excluding hydrogens is 227 g/mol. The topological polar surface area (TPSA) is 38.9 Å². The Kier molecular flexibility index (Phi) is 2.10. The van der Waals surface area contributed by atoms with Crippen molar-refractivity contribution in [2.75, 3.05) is 5.73 Å². The molecule has 0 aliphatic rings. The third kappa shape index (κ3) is 1.37. The van der Waals surface area contributed by atoms with E-state index >= 15 is 0 Å². The first-order chi connectivity index (χ1) is 6.09. The molecule has 2 aromatic rings. The minimum atomic E-state index is 0.490. The molecule has 0 bridgehead atoms. The molecule has 5 heteroatoms. The van der Waals surface area contributed by atoms with Gasteiger partial charge in [-0.05, 0) is 18.6 Å². The number of anilines is 1. The minimum absolute atomic E-state index is 0.490. The van der Waals surface area contributed by atoms with Gasteiger partial charge in [0.15, 0.2) is 5.13 Å². The third-order valence-corrected chi connectivity index (χ3v) is 3.55. The summed E-state index contributed by atoms with van der Waals surface area (Å²) < 4.78 is 0.865. The van der Waals surface area contributed by atoms with E-state index in [0.717, 1.165) is 10.3 Å². The number of benzene rings is 1. The second-order valence-corrected chi connectivity index (χ2v) is 4.53. The summed E-state index contributed by atoms with van der Waals surface area (Å²) in [6.45, 7) is 1.91. The second kappa shape index (κ2) is 3.01. The molecule has 0 atom stereocenters. The quantitative estimate of drug-likeness (QED) is 0.756. The summed E-state index contributed by atoms with van der Waals surface area (Å²) in [5.74, 6) is 0. The molecule has 0 radical (unpaired) electrons. The van der Waals surface area contributed by atoms with E-state index in [4.69, 9.17) is 28.9 Å². The Bertz CT molecular complexity index is 478. The molecule has 68 valence electrons. The predicted molar refractivity (Wildman–Crippen MR) is 58.8 cm³/mol. The van der Waals surface area contributed by atoms with E-state index in [1.807, 2.05) is 6.92 Å². The number of halogens is 2. The Morgan fingerprint density at radius 2 is 2.15 bits per heavy atom.